The van der Waals surface area contributed by atoms with E-state index in [-0.39, 0.29) is 11.9 Å². The summed E-state index contributed by atoms with van der Waals surface area (Å²) in [6, 6.07) is 9.89. The van der Waals surface area contributed by atoms with Crippen molar-refractivity contribution in [3.8, 4) is 11.4 Å². The van der Waals surface area contributed by atoms with Gasteiger partial charge in [-0.05, 0) is 31.5 Å². The Kier molecular flexibility index (Phi) is 7.01. The Morgan fingerprint density at radius 1 is 1.24 bits per heavy atom. The third kappa shape index (κ3) is 5.60. The molecule has 0 aliphatic carbocycles. The summed E-state index contributed by atoms with van der Waals surface area (Å²) in [4.78, 5) is 12.6. The van der Waals surface area contributed by atoms with E-state index in [0.29, 0.717) is 30.5 Å². The van der Waals surface area contributed by atoms with Crippen molar-refractivity contribution < 1.29 is 9.53 Å². The molecule has 0 aliphatic heterocycles. The number of carbonyl (C=O) groups excluding carboxylic acids is 1. The van der Waals surface area contributed by atoms with Crippen LogP contribution in [0.25, 0.3) is 5.69 Å². The van der Waals surface area contributed by atoms with Gasteiger partial charge in [0, 0.05) is 12.6 Å². The fourth-order valence-electron chi connectivity index (χ4n) is 2.34. The van der Waals surface area contributed by atoms with Crippen LogP contribution in [0.3, 0.4) is 0 Å². The van der Waals surface area contributed by atoms with Gasteiger partial charge in [0.2, 0.25) is 0 Å². The lowest BCUT2D eigenvalue weighted by Gasteiger charge is -2.13. The van der Waals surface area contributed by atoms with Gasteiger partial charge in [0.25, 0.3) is 5.91 Å². The molecule has 0 bridgehead atoms. The molecular formula is C19H28N4O2. The average Bonchev–Trinajstić information content (AvgIpc) is 3.03. The van der Waals surface area contributed by atoms with E-state index in [1.807, 2.05) is 44.2 Å². The van der Waals surface area contributed by atoms with E-state index in [2.05, 4.69) is 29.6 Å². The quantitative estimate of drug-likeness (QED) is 0.734. The highest BCUT2D eigenvalue weighted by Crippen LogP contribution is 2.20. The predicted octanol–water partition coefficient (Wildman–Crippen LogP) is 2.63. The number of para-hydroxylation sites is 1. The average molecular weight is 344 g/mol. The molecule has 1 amide bonds. The number of benzene rings is 1. The number of nitrogens with zero attached hydrogens (tertiary/aromatic N) is 2. The minimum atomic E-state index is -0.224. The molecule has 25 heavy (non-hydrogen) atoms. The summed E-state index contributed by atoms with van der Waals surface area (Å²) in [6.45, 7) is 10.1. The SMILES string of the molecule is CCN[C@H](C)CNC(=O)c1nn(-c2ccccc2)cc1OCC(C)C. The molecular weight excluding hydrogens is 316 g/mol. The van der Waals surface area contributed by atoms with Gasteiger partial charge in [-0.25, -0.2) is 4.68 Å². The van der Waals surface area contributed by atoms with Crippen LogP contribution in [0, 0.1) is 5.92 Å². The number of ether oxygens (including phenoxy) is 1. The Labute approximate surface area is 149 Å². The van der Waals surface area contributed by atoms with E-state index in [4.69, 9.17) is 4.74 Å². The maximum absolute atomic E-state index is 12.6. The molecule has 2 aromatic rings. The van der Waals surface area contributed by atoms with E-state index in [1.54, 1.807) is 10.9 Å². The summed E-state index contributed by atoms with van der Waals surface area (Å²) in [5, 5.41) is 10.6. The first-order valence-electron chi connectivity index (χ1n) is 8.80. The van der Waals surface area contributed by atoms with Crippen molar-refractivity contribution in [2.75, 3.05) is 19.7 Å². The standard InChI is InChI=1S/C19H28N4O2/c1-5-20-15(4)11-21-19(24)18-17(25-13-14(2)3)12-23(22-18)16-9-7-6-8-10-16/h6-10,12,14-15,20H,5,11,13H2,1-4H3,(H,21,24)/t15-/m1/s1. The van der Waals surface area contributed by atoms with Gasteiger partial charge in [-0.3, -0.25) is 4.79 Å². The molecule has 0 saturated carbocycles. The minimum Gasteiger partial charge on any atom is -0.489 e. The van der Waals surface area contributed by atoms with Crippen LogP contribution < -0.4 is 15.4 Å². The Morgan fingerprint density at radius 2 is 1.96 bits per heavy atom. The molecule has 0 fully saturated rings. The van der Waals surface area contributed by atoms with Gasteiger partial charge in [0.1, 0.15) is 0 Å². The van der Waals surface area contributed by atoms with Gasteiger partial charge in [-0.1, -0.05) is 39.0 Å². The van der Waals surface area contributed by atoms with Crippen LogP contribution >= 0.6 is 0 Å². The largest absolute Gasteiger partial charge is 0.489 e. The highest BCUT2D eigenvalue weighted by atomic mass is 16.5. The smallest absolute Gasteiger partial charge is 0.275 e. The fourth-order valence-corrected chi connectivity index (χ4v) is 2.34. The van der Waals surface area contributed by atoms with Gasteiger partial charge in [-0.15, -0.1) is 0 Å². The maximum Gasteiger partial charge on any atom is 0.275 e. The van der Waals surface area contributed by atoms with Crippen molar-refractivity contribution in [1.82, 2.24) is 20.4 Å². The summed E-state index contributed by atoms with van der Waals surface area (Å²) >= 11 is 0. The number of aromatic nitrogens is 2. The molecule has 0 aliphatic rings. The summed E-state index contributed by atoms with van der Waals surface area (Å²) in [7, 11) is 0. The predicted molar refractivity (Wildman–Crippen MR) is 99.4 cm³/mol. The maximum atomic E-state index is 12.6. The number of hydrogen-bond donors (Lipinski definition) is 2. The molecule has 136 valence electrons. The van der Waals surface area contributed by atoms with Crippen LogP contribution in [0.15, 0.2) is 36.5 Å². The molecule has 1 aromatic heterocycles. The lowest BCUT2D eigenvalue weighted by Crippen LogP contribution is -2.39. The van der Waals surface area contributed by atoms with Crippen LogP contribution in [-0.4, -0.2) is 41.4 Å². The normalized spacial score (nSPS) is 12.2. The van der Waals surface area contributed by atoms with Crippen LogP contribution in [0.5, 0.6) is 5.75 Å². The highest BCUT2D eigenvalue weighted by Gasteiger charge is 2.19. The minimum absolute atomic E-state index is 0.199. The second-order valence-electron chi connectivity index (χ2n) is 6.50. The first-order chi connectivity index (χ1) is 12.0. The molecule has 1 aromatic carbocycles. The Hall–Kier alpha value is -2.34. The van der Waals surface area contributed by atoms with Gasteiger partial charge in [-0.2, -0.15) is 5.10 Å². The summed E-state index contributed by atoms with van der Waals surface area (Å²) in [5.74, 6) is 0.647. The van der Waals surface area contributed by atoms with E-state index >= 15 is 0 Å². The zero-order valence-corrected chi connectivity index (χ0v) is 15.5. The van der Waals surface area contributed by atoms with Crippen LogP contribution in [0.4, 0.5) is 0 Å². The molecule has 6 heteroatoms. The number of hydrogen-bond acceptors (Lipinski definition) is 4. The molecule has 1 atom stereocenters. The molecule has 2 rings (SSSR count). The lowest BCUT2D eigenvalue weighted by molar-refractivity contribution is 0.0940. The van der Waals surface area contributed by atoms with Crippen molar-refractivity contribution in [2.45, 2.75) is 33.7 Å². The third-order valence-corrected chi connectivity index (χ3v) is 3.61. The first kappa shape index (κ1) is 19.0. The van der Waals surface area contributed by atoms with Crippen LogP contribution in [0.2, 0.25) is 0 Å². The first-order valence-corrected chi connectivity index (χ1v) is 8.80. The van der Waals surface area contributed by atoms with Crippen molar-refractivity contribution in [3.63, 3.8) is 0 Å². The van der Waals surface area contributed by atoms with E-state index < -0.39 is 0 Å². The number of carbonyl (C=O) groups is 1. The van der Waals surface area contributed by atoms with Gasteiger partial charge in [0.05, 0.1) is 18.5 Å². The molecule has 1 heterocycles. The summed E-state index contributed by atoms with van der Waals surface area (Å²) in [5.41, 5.74) is 1.20. The molecule has 0 spiro atoms. The Morgan fingerprint density at radius 3 is 2.60 bits per heavy atom. The van der Waals surface area contributed by atoms with E-state index in [9.17, 15) is 4.79 Å². The van der Waals surface area contributed by atoms with Crippen molar-refractivity contribution in [1.29, 1.82) is 0 Å². The topological polar surface area (TPSA) is 68.2 Å². The summed E-state index contributed by atoms with van der Waals surface area (Å²) in [6.07, 6.45) is 1.76. The van der Waals surface area contributed by atoms with Crippen molar-refractivity contribution in [3.05, 3.63) is 42.2 Å². The Balaban J connectivity index is 2.18. The number of amides is 1. The fraction of sp³-hybridized carbons (Fsp3) is 0.474. The highest BCUT2D eigenvalue weighted by molar-refractivity contribution is 5.95. The van der Waals surface area contributed by atoms with E-state index in [0.717, 1.165) is 12.2 Å². The monoisotopic (exact) mass is 344 g/mol. The molecule has 0 saturated heterocycles. The summed E-state index contributed by atoms with van der Waals surface area (Å²) < 4.78 is 7.50. The van der Waals surface area contributed by atoms with Gasteiger partial charge < -0.3 is 15.4 Å². The molecule has 0 radical (unpaired) electrons. The number of rotatable bonds is 9. The molecule has 0 unspecified atom stereocenters. The lowest BCUT2D eigenvalue weighted by atomic mass is 10.2. The second-order valence-corrected chi connectivity index (χ2v) is 6.50. The zero-order valence-electron chi connectivity index (χ0n) is 15.5. The zero-order chi connectivity index (χ0) is 18.2. The van der Waals surface area contributed by atoms with Gasteiger partial charge in [0.15, 0.2) is 11.4 Å². The van der Waals surface area contributed by atoms with Crippen LogP contribution in [-0.2, 0) is 0 Å². The van der Waals surface area contributed by atoms with Gasteiger partial charge >= 0.3 is 0 Å². The van der Waals surface area contributed by atoms with Crippen molar-refractivity contribution in [2.24, 2.45) is 5.92 Å². The van der Waals surface area contributed by atoms with Crippen LogP contribution in [0.1, 0.15) is 38.2 Å². The van der Waals surface area contributed by atoms with E-state index in [1.165, 1.54) is 0 Å². The third-order valence-electron chi connectivity index (χ3n) is 3.61. The number of likely N-dealkylation sites (N-methyl/N-ethyl adjacent to an activating group) is 1. The molecule has 2 N–H and O–H groups in total. The second kappa shape index (κ2) is 9.22. The molecule has 6 nitrogen and oxygen atoms in total. The van der Waals surface area contributed by atoms with Crippen molar-refractivity contribution >= 4 is 5.91 Å². The number of nitrogens with one attached hydrogen (secondary N) is 2. The Bertz CT molecular complexity index is 667.